The third kappa shape index (κ3) is 3.65. The lowest BCUT2D eigenvalue weighted by atomic mass is 10.2. The predicted octanol–water partition coefficient (Wildman–Crippen LogP) is 3.00. The Labute approximate surface area is 130 Å². The molecule has 20 heavy (non-hydrogen) atoms. The van der Waals surface area contributed by atoms with Crippen LogP contribution in [0.25, 0.3) is 0 Å². The number of sulfonamides is 1. The standard InChI is InChI=1S/C13H19Cl2NO3S/c1-8-7-11(14)10(3)13(12(8)15)20(18,19)16(4)6-5-9(2)17/h7,9,17H,5-6H2,1-4H3. The summed E-state index contributed by atoms with van der Waals surface area (Å²) in [7, 11) is -2.27. The van der Waals surface area contributed by atoms with E-state index >= 15 is 0 Å². The topological polar surface area (TPSA) is 57.6 Å². The maximum atomic E-state index is 12.6. The monoisotopic (exact) mass is 339 g/mol. The number of benzene rings is 1. The van der Waals surface area contributed by atoms with Gasteiger partial charge >= 0.3 is 0 Å². The summed E-state index contributed by atoms with van der Waals surface area (Å²) in [6.45, 7) is 5.16. The van der Waals surface area contributed by atoms with E-state index in [2.05, 4.69) is 0 Å². The molecule has 0 heterocycles. The number of nitrogens with zero attached hydrogens (tertiary/aromatic N) is 1. The largest absolute Gasteiger partial charge is 0.393 e. The normalized spacial score (nSPS) is 13.8. The molecule has 0 saturated heterocycles. The fourth-order valence-electron chi connectivity index (χ4n) is 1.77. The minimum atomic E-state index is -3.74. The first-order valence-corrected chi connectivity index (χ1v) is 8.38. The van der Waals surface area contributed by atoms with Crippen molar-refractivity contribution in [2.75, 3.05) is 13.6 Å². The van der Waals surface area contributed by atoms with E-state index in [9.17, 15) is 13.5 Å². The van der Waals surface area contributed by atoms with Crippen LogP contribution in [0, 0.1) is 13.8 Å². The summed E-state index contributed by atoms with van der Waals surface area (Å²) in [6, 6.07) is 1.65. The van der Waals surface area contributed by atoms with Crippen LogP contribution in [0.1, 0.15) is 24.5 Å². The van der Waals surface area contributed by atoms with Crippen molar-refractivity contribution in [1.82, 2.24) is 4.31 Å². The quantitative estimate of drug-likeness (QED) is 0.896. The highest BCUT2D eigenvalue weighted by Crippen LogP contribution is 2.34. The van der Waals surface area contributed by atoms with E-state index in [0.717, 1.165) is 0 Å². The molecule has 114 valence electrons. The molecule has 0 aliphatic rings. The summed E-state index contributed by atoms with van der Waals surface area (Å²) in [4.78, 5) is 0.0391. The minimum Gasteiger partial charge on any atom is -0.393 e. The molecule has 0 aromatic heterocycles. The van der Waals surface area contributed by atoms with Crippen LogP contribution in [0.5, 0.6) is 0 Å². The van der Waals surface area contributed by atoms with Crippen molar-refractivity contribution in [3.8, 4) is 0 Å². The van der Waals surface area contributed by atoms with Crippen molar-refractivity contribution in [2.45, 2.75) is 38.2 Å². The van der Waals surface area contributed by atoms with Crippen molar-refractivity contribution in [3.63, 3.8) is 0 Å². The smallest absolute Gasteiger partial charge is 0.244 e. The first-order chi connectivity index (χ1) is 9.09. The average molecular weight is 340 g/mol. The Kier molecular flexibility index (Phi) is 5.87. The van der Waals surface area contributed by atoms with E-state index in [0.29, 0.717) is 22.6 Å². The van der Waals surface area contributed by atoms with Gasteiger partial charge in [0.2, 0.25) is 10.0 Å². The predicted molar refractivity (Wildman–Crippen MR) is 82.0 cm³/mol. The van der Waals surface area contributed by atoms with Crippen LogP contribution in [0.2, 0.25) is 10.0 Å². The van der Waals surface area contributed by atoms with Crippen LogP contribution in [-0.2, 0) is 10.0 Å². The van der Waals surface area contributed by atoms with Gasteiger partial charge in [-0.05, 0) is 44.4 Å². The molecular formula is C13H19Cl2NO3S. The van der Waals surface area contributed by atoms with Crippen LogP contribution >= 0.6 is 23.2 Å². The molecule has 4 nitrogen and oxygen atoms in total. The number of rotatable bonds is 5. The molecule has 1 aromatic carbocycles. The Morgan fingerprint density at radius 2 is 1.90 bits per heavy atom. The highest BCUT2D eigenvalue weighted by atomic mass is 35.5. The molecule has 1 aromatic rings. The van der Waals surface area contributed by atoms with Crippen LogP contribution in [-0.4, -0.2) is 37.5 Å². The van der Waals surface area contributed by atoms with Crippen LogP contribution in [0.4, 0.5) is 0 Å². The third-order valence-electron chi connectivity index (χ3n) is 3.12. The second kappa shape index (κ2) is 6.62. The highest BCUT2D eigenvalue weighted by molar-refractivity contribution is 7.89. The first-order valence-electron chi connectivity index (χ1n) is 6.18. The molecule has 0 fully saturated rings. The van der Waals surface area contributed by atoms with Gasteiger partial charge in [0, 0.05) is 18.6 Å². The fraction of sp³-hybridized carbons (Fsp3) is 0.538. The van der Waals surface area contributed by atoms with Gasteiger partial charge in [-0.3, -0.25) is 0 Å². The number of aliphatic hydroxyl groups is 1. The van der Waals surface area contributed by atoms with Crippen LogP contribution in [0.3, 0.4) is 0 Å². The summed E-state index contributed by atoms with van der Waals surface area (Å²) in [6.07, 6.45) is -0.211. The van der Waals surface area contributed by atoms with Gasteiger partial charge in [0.25, 0.3) is 0 Å². The van der Waals surface area contributed by atoms with Crippen molar-refractivity contribution in [3.05, 3.63) is 27.2 Å². The summed E-state index contributed by atoms with van der Waals surface area (Å²) in [5, 5.41) is 9.83. The van der Waals surface area contributed by atoms with Gasteiger partial charge in [0.05, 0.1) is 11.1 Å². The van der Waals surface area contributed by atoms with Gasteiger partial charge in [-0.2, -0.15) is 0 Å². The zero-order valence-electron chi connectivity index (χ0n) is 11.9. The Balaban J connectivity index is 3.29. The van der Waals surface area contributed by atoms with Crippen molar-refractivity contribution in [1.29, 1.82) is 0 Å². The molecule has 1 N–H and O–H groups in total. The van der Waals surface area contributed by atoms with Gasteiger partial charge in [-0.15, -0.1) is 0 Å². The summed E-state index contributed by atoms with van der Waals surface area (Å²) < 4.78 is 26.4. The van der Waals surface area contributed by atoms with E-state index < -0.39 is 16.1 Å². The van der Waals surface area contributed by atoms with Crippen LogP contribution in [0.15, 0.2) is 11.0 Å². The Morgan fingerprint density at radius 1 is 1.35 bits per heavy atom. The van der Waals surface area contributed by atoms with E-state index in [1.807, 2.05) is 0 Å². The zero-order chi connectivity index (χ0) is 15.7. The maximum absolute atomic E-state index is 12.6. The number of hydrogen-bond donors (Lipinski definition) is 1. The number of halogens is 2. The molecule has 0 saturated carbocycles. The molecule has 0 radical (unpaired) electrons. The molecule has 1 atom stereocenters. The lowest BCUT2D eigenvalue weighted by Crippen LogP contribution is -2.30. The van der Waals surface area contributed by atoms with Crippen molar-refractivity contribution in [2.24, 2.45) is 0 Å². The molecule has 0 spiro atoms. The minimum absolute atomic E-state index is 0.0391. The number of hydrogen-bond acceptors (Lipinski definition) is 3. The first kappa shape index (κ1) is 17.7. The van der Waals surface area contributed by atoms with Gasteiger partial charge in [0.15, 0.2) is 0 Å². The fourth-order valence-corrected chi connectivity index (χ4v) is 4.11. The number of aryl methyl sites for hydroxylation is 1. The summed E-state index contributed by atoms with van der Waals surface area (Å²) >= 11 is 12.2. The third-order valence-corrected chi connectivity index (χ3v) is 6.14. The van der Waals surface area contributed by atoms with Crippen LogP contribution < -0.4 is 0 Å². The molecule has 1 rings (SSSR count). The summed E-state index contributed by atoms with van der Waals surface area (Å²) in [5.41, 5.74) is 1.05. The molecule has 0 amide bonds. The molecule has 0 bridgehead atoms. The Bertz CT molecular complexity index is 574. The summed E-state index contributed by atoms with van der Waals surface area (Å²) in [5.74, 6) is 0. The van der Waals surface area contributed by atoms with Crippen molar-refractivity contribution >= 4 is 33.2 Å². The van der Waals surface area contributed by atoms with E-state index in [1.165, 1.54) is 11.4 Å². The molecular weight excluding hydrogens is 321 g/mol. The lowest BCUT2D eigenvalue weighted by Gasteiger charge is -2.21. The molecule has 0 aliphatic heterocycles. The number of aliphatic hydroxyl groups excluding tert-OH is 1. The highest BCUT2D eigenvalue weighted by Gasteiger charge is 2.27. The molecule has 7 heteroatoms. The Hall–Kier alpha value is -0.330. The van der Waals surface area contributed by atoms with E-state index in [-0.39, 0.29) is 16.5 Å². The van der Waals surface area contributed by atoms with Gasteiger partial charge in [-0.25, -0.2) is 12.7 Å². The second-order valence-corrected chi connectivity index (χ2v) is 7.67. The van der Waals surface area contributed by atoms with E-state index in [1.54, 1.807) is 26.8 Å². The van der Waals surface area contributed by atoms with E-state index in [4.69, 9.17) is 23.2 Å². The Morgan fingerprint density at radius 3 is 2.40 bits per heavy atom. The SMILES string of the molecule is Cc1cc(Cl)c(C)c(S(=O)(=O)N(C)CCC(C)O)c1Cl. The molecule has 1 unspecified atom stereocenters. The van der Waals surface area contributed by atoms with Gasteiger partial charge in [-0.1, -0.05) is 23.2 Å². The van der Waals surface area contributed by atoms with Gasteiger partial charge < -0.3 is 5.11 Å². The van der Waals surface area contributed by atoms with Crippen molar-refractivity contribution < 1.29 is 13.5 Å². The second-order valence-electron chi connectivity index (χ2n) is 4.91. The zero-order valence-corrected chi connectivity index (χ0v) is 14.3. The maximum Gasteiger partial charge on any atom is 0.244 e. The molecule has 0 aliphatic carbocycles. The van der Waals surface area contributed by atoms with Gasteiger partial charge in [0.1, 0.15) is 4.90 Å². The average Bonchev–Trinajstić information content (AvgIpc) is 2.33. The lowest BCUT2D eigenvalue weighted by molar-refractivity contribution is 0.177.